The minimum Gasteiger partial charge on any atom is -0.304 e. The first-order valence-electron chi connectivity index (χ1n) is 3.21. The molecule has 1 aliphatic carbocycles. The lowest BCUT2D eigenvalue weighted by molar-refractivity contribution is 1.14. The summed E-state index contributed by atoms with van der Waals surface area (Å²) < 4.78 is 0. The van der Waals surface area contributed by atoms with Gasteiger partial charge in [-0.3, -0.25) is 0 Å². The molecular formula is C7H9NS. The van der Waals surface area contributed by atoms with E-state index >= 15 is 0 Å². The molecule has 2 atom stereocenters. The Morgan fingerprint density at radius 1 is 1.89 bits per heavy atom. The quantitative estimate of drug-likeness (QED) is 0.552. The second kappa shape index (κ2) is 1.63. The van der Waals surface area contributed by atoms with E-state index in [1.165, 1.54) is 11.3 Å². The molecule has 0 saturated heterocycles. The maximum atomic E-state index is 7.31. The summed E-state index contributed by atoms with van der Waals surface area (Å²) in [5.41, 5.74) is 0.743. The predicted molar refractivity (Wildman–Crippen MR) is 41.0 cm³/mol. The van der Waals surface area contributed by atoms with E-state index in [1.54, 1.807) is 0 Å². The van der Waals surface area contributed by atoms with Gasteiger partial charge in [0.25, 0.3) is 0 Å². The van der Waals surface area contributed by atoms with Crippen molar-refractivity contribution in [3.05, 3.63) is 11.0 Å². The van der Waals surface area contributed by atoms with E-state index in [-0.39, 0.29) is 0 Å². The van der Waals surface area contributed by atoms with Gasteiger partial charge in [0.15, 0.2) is 0 Å². The highest BCUT2D eigenvalue weighted by Crippen LogP contribution is 2.52. The summed E-state index contributed by atoms with van der Waals surface area (Å²) in [6.45, 7) is 1.86. The second-order valence-corrected chi connectivity index (χ2v) is 3.99. The maximum absolute atomic E-state index is 7.31. The van der Waals surface area contributed by atoms with Crippen LogP contribution in [0.1, 0.15) is 13.3 Å². The van der Waals surface area contributed by atoms with Crippen molar-refractivity contribution in [3.63, 3.8) is 0 Å². The van der Waals surface area contributed by atoms with Crippen LogP contribution in [0.15, 0.2) is 11.0 Å². The van der Waals surface area contributed by atoms with Crippen molar-refractivity contribution in [2.75, 3.05) is 0 Å². The van der Waals surface area contributed by atoms with Crippen LogP contribution in [0.4, 0.5) is 0 Å². The van der Waals surface area contributed by atoms with Crippen LogP contribution in [-0.2, 0) is 0 Å². The van der Waals surface area contributed by atoms with Crippen LogP contribution in [0.5, 0.6) is 0 Å². The van der Waals surface area contributed by atoms with Gasteiger partial charge in [0, 0.05) is 15.9 Å². The van der Waals surface area contributed by atoms with E-state index in [0.29, 0.717) is 0 Å². The highest BCUT2D eigenvalue weighted by Gasteiger charge is 2.41. The molecule has 48 valence electrons. The molecule has 0 spiro atoms. The third-order valence-corrected chi connectivity index (χ3v) is 3.33. The Hall–Kier alpha value is -0.240. The van der Waals surface area contributed by atoms with Crippen molar-refractivity contribution in [1.29, 1.82) is 5.41 Å². The Labute approximate surface area is 59.0 Å². The number of hydrogen-bond acceptors (Lipinski definition) is 2. The zero-order valence-electron chi connectivity index (χ0n) is 5.35. The lowest BCUT2D eigenvalue weighted by Gasteiger charge is -1.96. The Balaban J connectivity index is 2.15. The van der Waals surface area contributed by atoms with Crippen LogP contribution in [0, 0.1) is 11.3 Å². The van der Waals surface area contributed by atoms with Crippen LogP contribution < -0.4 is 0 Å². The molecule has 1 heterocycles. The van der Waals surface area contributed by atoms with Crippen LogP contribution in [0.3, 0.4) is 0 Å². The first-order chi connectivity index (χ1) is 4.27. The average molecular weight is 139 g/mol. The Morgan fingerprint density at radius 2 is 2.67 bits per heavy atom. The van der Waals surface area contributed by atoms with Gasteiger partial charge in [0.2, 0.25) is 0 Å². The molecule has 1 fully saturated rings. The van der Waals surface area contributed by atoms with Crippen molar-refractivity contribution in [2.24, 2.45) is 5.92 Å². The van der Waals surface area contributed by atoms with Crippen molar-refractivity contribution < 1.29 is 0 Å². The number of nitrogens with one attached hydrogen (secondary N) is 1. The minimum atomic E-state index is 0.743. The van der Waals surface area contributed by atoms with Gasteiger partial charge in [-0.1, -0.05) is 6.08 Å². The minimum absolute atomic E-state index is 0.743. The Morgan fingerprint density at radius 3 is 3.00 bits per heavy atom. The molecule has 2 aliphatic rings. The third kappa shape index (κ3) is 0.816. The van der Waals surface area contributed by atoms with Gasteiger partial charge in [0.05, 0.1) is 0 Å². The van der Waals surface area contributed by atoms with Crippen LogP contribution in [0.2, 0.25) is 0 Å². The molecule has 2 heteroatoms. The van der Waals surface area contributed by atoms with Crippen LogP contribution in [-0.4, -0.2) is 11.0 Å². The first-order valence-corrected chi connectivity index (χ1v) is 4.09. The smallest absolute Gasteiger partial charge is 0.0415 e. The third-order valence-electron chi connectivity index (χ3n) is 1.79. The molecule has 2 unspecified atom stereocenters. The van der Waals surface area contributed by atoms with E-state index in [9.17, 15) is 0 Å². The Bertz CT molecular complexity index is 195. The predicted octanol–water partition coefficient (Wildman–Crippen LogP) is 2.05. The van der Waals surface area contributed by atoms with Gasteiger partial charge in [-0.25, -0.2) is 0 Å². The summed E-state index contributed by atoms with van der Waals surface area (Å²) in [5, 5.41) is 8.17. The van der Waals surface area contributed by atoms with Gasteiger partial charge < -0.3 is 5.41 Å². The van der Waals surface area contributed by atoms with E-state index in [0.717, 1.165) is 16.9 Å². The fourth-order valence-corrected chi connectivity index (χ4v) is 2.44. The van der Waals surface area contributed by atoms with Gasteiger partial charge in [-0.05, 0) is 19.3 Å². The fourth-order valence-electron chi connectivity index (χ4n) is 1.11. The summed E-state index contributed by atoms with van der Waals surface area (Å²) >= 11 is 1.88. The second-order valence-electron chi connectivity index (χ2n) is 2.71. The van der Waals surface area contributed by atoms with Crippen LogP contribution >= 0.6 is 11.8 Å². The van der Waals surface area contributed by atoms with Crippen molar-refractivity contribution in [1.82, 2.24) is 0 Å². The highest BCUT2D eigenvalue weighted by atomic mass is 32.2. The van der Waals surface area contributed by atoms with E-state index in [1.807, 2.05) is 18.7 Å². The number of allylic oxidation sites excluding steroid dienone is 2. The molecule has 1 aliphatic heterocycles. The standard InChI is InChI=1S/C7H9NS/c1-4(8)6-2-5-3-7(5)9-6/h2,5,7-8H,3H2,1H3. The normalized spacial score (nSPS) is 37.7. The molecule has 9 heavy (non-hydrogen) atoms. The van der Waals surface area contributed by atoms with E-state index in [2.05, 4.69) is 6.08 Å². The van der Waals surface area contributed by atoms with Gasteiger partial charge >= 0.3 is 0 Å². The molecule has 0 bridgehead atoms. The largest absolute Gasteiger partial charge is 0.304 e. The molecule has 1 saturated carbocycles. The summed E-state index contributed by atoms with van der Waals surface area (Å²) in [6, 6.07) is 0. The van der Waals surface area contributed by atoms with Crippen molar-refractivity contribution >= 4 is 17.5 Å². The van der Waals surface area contributed by atoms with Crippen molar-refractivity contribution in [2.45, 2.75) is 18.6 Å². The highest BCUT2D eigenvalue weighted by molar-refractivity contribution is 8.05. The Kier molecular flexibility index (Phi) is 1.00. The van der Waals surface area contributed by atoms with Gasteiger partial charge in [0.1, 0.15) is 0 Å². The van der Waals surface area contributed by atoms with Gasteiger partial charge in [-0.15, -0.1) is 11.8 Å². The molecular weight excluding hydrogens is 130 g/mol. The number of thioether (sulfide) groups is 1. The zero-order chi connectivity index (χ0) is 6.43. The average Bonchev–Trinajstić information content (AvgIpc) is 2.40. The molecule has 1 nitrogen and oxygen atoms in total. The molecule has 0 radical (unpaired) electrons. The summed E-state index contributed by atoms with van der Waals surface area (Å²) in [4.78, 5) is 1.22. The SMILES string of the molecule is CC(=N)C1=CC2CC2S1. The lowest BCUT2D eigenvalue weighted by atomic mass is 10.3. The molecule has 0 aromatic heterocycles. The van der Waals surface area contributed by atoms with Gasteiger partial charge in [-0.2, -0.15) is 0 Å². The van der Waals surface area contributed by atoms with Crippen LogP contribution in [0.25, 0.3) is 0 Å². The molecule has 0 amide bonds. The maximum Gasteiger partial charge on any atom is 0.0415 e. The summed E-state index contributed by atoms with van der Waals surface area (Å²) in [5.74, 6) is 0.838. The fraction of sp³-hybridized carbons (Fsp3) is 0.571. The topological polar surface area (TPSA) is 23.9 Å². The number of fused-ring (bicyclic) bond motifs is 1. The first kappa shape index (κ1) is 5.54. The monoisotopic (exact) mass is 139 g/mol. The molecule has 0 aromatic carbocycles. The van der Waals surface area contributed by atoms with E-state index < -0.39 is 0 Å². The zero-order valence-corrected chi connectivity index (χ0v) is 6.16. The van der Waals surface area contributed by atoms with Crippen molar-refractivity contribution in [3.8, 4) is 0 Å². The number of rotatable bonds is 1. The molecule has 0 aromatic rings. The summed E-state index contributed by atoms with van der Waals surface area (Å²) in [6.07, 6.45) is 3.61. The number of hydrogen-bond donors (Lipinski definition) is 1. The lowest BCUT2D eigenvalue weighted by Crippen LogP contribution is -1.88. The molecule has 2 rings (SSSR count). The molecule has 1 N–H and O–H groups in total. The summed E-state index contributed by atoms with van der Waals surface area (Å²) in [7, 11) is 0. The van der Waals surface area contributed by atoms with E-state index in [4.69, 9.17) is 5.41 Å².